The number of ether oxygens (including phenoxy) is 1. The molecule has 8 nitrogen and oxygen atoms in total. The Kier molecular flexibility index (Phi) is 5.38. The predicted octanol–water partition coefficient (Wildman–Crippen LogP) is 1.90. The van der Waals surface area contributed by atoms with E-state index >= 15 is 0 Å². The lowest BCUT2D eigenvalue weighted by Crippen LogP contribution is -2.28. The maximum Gasteiger partial charge on any atom is 0.220 e. The number of fused-ring (bicyclic) bond motifs is 1. The van der Waals surface area contributed by atoms with Crippen LogP contribution in [-0.4, -0.2) is 34.5 Å². The van der Waals surface area contributed by atoms with Crippen molar-refractivity contribution in [3.05, 3.63) is 53.5 Å². The molecule has 0 atom stereocenters. The monoisotopic (exact) mass is 381 g/mol. The van der Waals surface area contributed by atoms with Gasteiger partial charge in [-0.15, -0.1) is 0 Å². The van der Waals surface area contributed by atoms with Crippen LogP contribution >= 0.6 is 0 Å². The average molecular weight is 381 g/mol. The van der Waals surface area contributed by atoms with Crippen molar-refractivity contribution >= 4 is 5.91 Å². The molecule has 3 aromatic rings. The number of methoxy groups -OCH3 is 1. The Morgan fingerprint density at radius 2 is 2.25 bits per heavy atom. The Labute approximate surface area is 162 Å². The van der Waals surface area contributed by atoms with Crippen molar-refractivity contribution in [2.75, 3.05) is 13.7 Å². The highest BCUT2D eigenvalue weighted by Gasteiger charge is 2.13. The molecule has 0 fully saturated rings. The van der Waals surface area contributed by atoms with E-state index in [1.807, 2.05) is 35.0 Å². The zero-order valence-electron chi connectivity index (χ0n) is 15.8. The highest BCUT2D eigenvalue weighted by atomic mass is 16.5. The summed E-state index contributed by atoms with van der Waals surface area (Å²) in [5.41, 5.74) is 3.68. The number of carbonyl (C=O) groups is 1. The van der Waals surface area contributed by atoms with Gasteiger partial charge in [-0.25, -0.2) is 0 Å². The highest BCUT2D eigenvalue weighted by molar-refractivity contribution is 5.76. The van der Waals surface area contributed by atoms with Gasteiger partial charge in [-0.05, 0) is 18.2 Å². The Balaban J connectivity index is 1.28. The normalized spacial score (nSPS) is 13.2. The third-order valence-electron chi connectivity index (χ3n) is 4.71. The van der Waals surface area contributed by atoms with Gasteiger partial charge in [0.05, 0.1) is 31.6 Å². The summed E-state index contributed by atoms with van der Waals surface area (Å²) in [6.07, 6.45) is 1.02. The van der Waals surface area contributed by atoms with E-state index in [0.717, 1.165) is 36.6 Å². The van der Waals surface area contributed by atoms with Crippen LogP contribution in [0.15, 0.2) is 40.9 Å². The largest absolute Gasteiger partial charge is 0.497 e. The van der Waals surface area contributed by atoms with Crippen LogP contribution in [0.1, 0.15) is 23.5 Å². The number of amides is 1. The fraction of sp³-hybridized carbons (Fsp3) is 0.350. The summed E-state index contributed by atoms with van der Waals surface area (Å²) >= 11 is 0. The van der Waals surface area contributed by atoms with E-state index in [2.05, 4.69) is 27.0 Å². The molecule has 0 radical (unpaired) electrons. The number of aromatic nitrogens is 3. The molecule has 0 aliphatic carbocycles. The average Bonchev–Trinajstić information content (AvgIpc) is 3.37. The molecule has 0 saturated carbocycles. The maximum atomic E-state index is 12.2. The van der Waals surface area contributed by atoms with E-state index < -0.39 is 0 Å². The number of benzene rings is 1. The van der Waals surface area contributed by atoms with Crippen LogP contribution in [0, 0.1) is 0 Å². The van der Waals surface area contributed by atoms with E-state index in [0.29, 0.717) is 30.8 Å². The second-order valence-corrected chi connectivity index (χ2v) is 6.72. The second kappa shape index (κ2) is 8.26. The van der Waals surface area contributed by atoms with E-state index in [4.69, 9.17) is 9.26 Å². The standard InChI is InChI=1S/C20H23N5O3/c1-27-18-4-2-3-14(9-18)19-11-16(24-28-19)12-22-20(26)6-5-15-10-17-13-21-7-8-25(17)23-15/h2-4,9-11,21H,5-8,12-13H2,1H3,(H,22,26). The molecule has 1 aromatic carbocycles. The Morgan fingerprint density at radius 1 is 1.32 bits per heavy atom. The number of hydrogen-bond donors (Lipinski definition) is 2. The first-order valence-electron chi connectivity index (χ1n) is 9.34. The van der Waals surface area contributed by atoms with Crippen LogP contribution < -0.4 is 15.4 Å². The van der Waals surface area contributed by atoms with Gasteiger partial charge in [0.15, 0.2) is 5.76 Å². The van der Waals surface area contributed by atoms with Crippen LogP contribution in [0.3, 0.4) is 0 Å². The van der Waals surface area contributed by atoms with Gasteiger partial charge < -0.3 is 19.9 Å². The van der Waals surface area contributed by atoms with Gasteiger partial charge in [0, 0.05) is 37.6 Å². The predicted molar refractivity (Wildman–Crippen MR) is 103 cm³/mol. The summed E-state index contributed by atoms with van der Waals surface area (Å²) in [5, 5.41) is 14.8. The molecule has 0 bridgehead atoms. The van der Waals surface area contributed by atoms with E-state index in [-0.39, 0.29) is 5.91 Å². The SMILES string of the molecule is COc1cccc(-c2cc(CNC(=O)CCc3cc4n(n3)CCNC4)no2)c1. The highest BCUT2D eigenvalue weighted by Crippen LogP contribution is 2.24. The molecule has 3 heterocycles. The summed E-state index contributed by atoms with van der Waals surface area (Å²) < 4.78 is 12.6. The first-order chi connectivity index (χ1) is 13.7. The smallest absolute Gasteiger partial charge is 0.220 e. The molecule has 2 aromatic heterocycles. The molecule has 1 amide bonds. The van der Waals surface area contributed by atoms with Crippen molar-refractivity contribution in [3.63, 3.8) is 0 Å². The van der Waals surface area contributed by atoms with Gasteiger partial charge in [-0.1, -0.05) is 17.3 Å². The van der Waals surface area contributed by atoms with Crippen LogP contribution in [0.4, 0.5) is 0 Å². The Bertz CT molecular complexity index is 939. The molecule has 146 valence electrons. The second-order valence-electron chi connectivity index (χ2n) is 6.72. The van der Waals surface area contributed by atoms with Crippen molar-refractivity contribution in [1.82, 2.24) is 25.6 Å². The quantitative estimate of drug-likeness (QED) is 0.649. The van der Waals surface area contributed by atoms with Gasteiger partial charge in [-0.3, -0.25) is 9.48 Å². The van der Waals surface area contributed by atoms with Gasteiger partial charge in [-0.2, -0.15) is 5.10 Å². The zero-order valence-corrected chi connectivity index (χ0v) is 15.8. The molecule has 1 aliphatic rings. The lowest BCUT2D eigenvalue weighted by atomic mass is 10.1. The molecule has 4 rings (SSSR count). The Hall–Kier alpha value is -3.13. The molecule has 2 N–H and O–H groups in total. The van der Waals surface area contributed by atoms with Gasteiger partial charge in [0.1, 0.15) is 11.4 Å². The van der Waals surface area contributed by atoms with Crippen LogP contribution in [0.5, 0.6) is 5.75 Å². The summed E-state index contributed by atoms with van der Waals surface area (Å²) in [7, 11) is 1.62. The zero-order chi connectivity index (χ0) is 19.3. The lowest BCUT2D eigenvalue weighted by Gasteiger charge is -2.13. The molecule has 28 heavy (non-hydrogen) atoms. The first kappa shape index (κ1) is 18.2. The number of hydrogen-bond acceptors (Lipinski definition) is 6. The van der Waals surface area contributed by atoms with Crippen LogP contribution in [-0.2, 0) is 30.8 Å². The van der Waals surface area contributed by atoms with Crippen molar-refractivity contribution < 1.29 is 14.1 Å². The van der Waals surface area contributed by atoms with E-state index in [1.165, 1.54) is 5.69 Å². The van der Waals surface area contributed by atoms with E-state index in [1.54, 1.807) is 7.11 Å². The van der Waals surface area contributed by atoms with Crippen molar-refractivity contribution in [3.8, 4) is 17.1 Å². The van der Waals surface area contributed by atoms with Crippen molar-refractivity contribution in [2.24, 2.45) is 0 Å². The van der Waals surface area contributed by atoms with Gasteiger partial charge in [0.25, 0.3) is 0 Å². The van der Waals surface area contributed by atoms with Crippen molar-refractivity contribution in [2.45, 2.75) is 32.5 Å². The number of aryl methyl sites for hydroxylation is 1. The number of nitrogens with zero attached hydrogens (tertiary/aromatic N) is 3. The van der Waals surface area contributed by atoms with Gasteiger partial charge >= 0.3 is 0 Å². The summed E-state index contributed by atoms with van der Waals surface area (Å²) in [5.74, 6) is 1.36. The van der Waals surface area contributed by atoms with Gasteiger partial charge in [0.2, 0.25) is 5.91 Å². The van der Waals surface area contributed by atoms with Crippen molar-refractivity contribution in [1.29, 1.82) is 0 Å². The third kappa shape index (κ3) is 4.23. The number of nitrogens with one attached hydrogen (secondary N) is 2. The number of rotatable bonds is 7. The molecular formula is C20H23N5O3. The number of carbonyl (C=O) groups excluding carboxylic acids is 1. The fourth-order valence-corrected chi connectivity index (χ4v) is 3.20. The summed E-state index contributed by atoms with van der Waals surface area (Å²) in [4.78, 5) is 12.2. The minimum atomic E-state index is -0.0324. The summed E-state index contributed by atoms with van der Waals surface area (Å²) in [6, 6.07) is 11.5. The molecule has 0 saturated heterocycles. The maximum absolute atomic E-state index is 12.2. The molecule has 0 unspecified atom stereocenters. The minimum absolute atomic E-state index is 0.0324. The minimum Gasteiger partial charge on any atom is -0.497 e. The molecule has 8 heteroatoms. The molecule has 1 aliphatic heterocycles. The van der Waals surface area contributed by atoms with Crippen LogP contribution in [0.2, 0.25) is 0 Å². The molecule has 0 spiro atoms. The summed E-state index contributed by atoms with van der Waals surface area (Å²) in [6.45, 7) is 2.98. The van der Waals surface area contributed by atoms with Crippen LogP contribution in [0.25, 0.3) is 11.3 Å². The first-order valence-corrected chi connectivity index (χ1v) is 9.34. The van der Waals surface area contributed by atoms with E-state index in [9.17, 15) is 4.79 Å². The topological polar surface area (TPSA) is 94.2 Å². The lowest BCUT2D eigenvalue weighted by molar-refractivity contribution is -0.121. The third-order valence-corrected chi connectivity index (χ3v) is 4.71. The fourth-order valence-electron chi connectivity index (χ4n) is 3.20. The molecular weight excluding hydrogens is 358 g/mol. The Morgan fingerprint density at radius 3 is 3.11 bits per heavy atom.